The highest BCUT2D eigenvalue weighted by Gasteiger charge is 2.38. The minimum Gasteiger partial charge on any atom is -0.475 e. The van der Waals surface area contributed by atoms with Crippen LogP contribution in [0.1, 0.15) is 21.5 Å². The average Bonchev–Trinajstić information content (AvgIpc) is 2.84. The lowest BCUT2D eigenvalue weighted by molar-refractivity contribution is -0.192. The van der Waals surface area contributed by atoms with E-state index < -0.39 is 29.8 Å². The van der Waals surface area contributed by atoms with Gasteiger partial charge in [-0.2, -0.15) is 26.3 Å². The minimum absolute atomic E-state index is 0.105. The molecule has 2 amide bonds. The first-order chi connectivity index (χ1) is 17.2. The van der Waals surface area contributed by atoms with E-state index in [1.807, 2.05) is 24.3 Å². The molecule has 0 aromatic heterocycles. The highest BCUT2D eigenvalue weighted by Crippen LogP contribution is 2.29. The number of carboxylic acid groups (broad SMARTS) is 1. The van der Waals surface area contributed by atoms with Gasteiger partial charge in [-0.05, 0) is 42.0 Å². The lowest BCUT2D eigenvalue weighted by Crippen LogP contribution is -2.50. The zero-order valence-corrected chi connectivity index (χ0v) is 20.7. The largest absolute Gasteiger partial charge is 0.490 e. The number of carbonyl (C=O) groups is 3. The van der Waals surface area contributed by atoms with Crippen molar-refractivity contribution in [3.05, 3.63) is 69.7 Å². The highest BCUT2D eigenvalue weighted by molar-refractivity contribution is 9.10. The van der Waals surface area contributed by atoms with Gasteiger partial charge in [-0.1, -0.05) is 28.1 Å². The Morgan fingerprint density at radius 1 is 0.919 bits per heavy atom. The quantitative estimate of drug-likeness (QED) is 0.505. The summed E-state index contributed by atoms with van der Waals surface area (Å²) < 4.78 is 71.1. The Bertz CT molecular complexity index is 1070. The van der Waals surface area contributed by atoms with Crippen LogP contribution in [0.5, 0.6) is 0 Å². The van der Waals surface area contributed by atoms with Crippen LogP contribution in [0.3, 0.4) is 0 Å². The average molecular weight is 598 g/mol. The van der Waals surface area contributed by atoms with Crippen LogP contribution in [0.15, 0.2) is 53.0 Å². The van der Waals surface area contributed by atoms with E-state index in [0.717, 1.165) is 34.3 Å². The van der Waals surface area contributed by atoms with Gasteiger partial charge in [-0.25, -0.2) is 4.79 Å². The van der Waals surface area contributed by atoms with E-state index in [1.165, 1.54) is 4.90 Å². The van der Waals surface area contributed by atoms with Crippen LogP contribution in [0, 0.1) is 0 Å². The molecule has 0 bridgehead atoms. The molecule has 0 saturated carbocycles. The molecule has 1 saturated heterocycles. The summed E-state index contributed by atoms with van der Waals surface area (Å²) in [5, 5.41) is 10.3. The summed E-state index contributed by atoms with van der Waals surface area (Å²) in [4.78, 5) is 37.7. The van der Waals surface area contributed by atoms with Gasteiger partial charge in [0.1, 0.15) is 6.54 Å². The number of piperazine rings is 1. The van der Waals surface area contributed by atoms with Crippen molar-refractivity contribution in [2.45, 2.75) is 18.9 Å². The maximum absolute atomic E-state index is 13.0. The number of halogens is 7. The zero-order chi connectivity index (χ0) is 27.8. The van der Waals surface area contributed by atoms with Gasteiger partial charge >= 0.3 is 18.3 Å². The smallest absolute Gasteiger partial charge is 0.475 e. The molecule has 1 aliphatic rings. The molecule has 0 aliphatic carbocycles. The number of carbonyl (C=O) groups excluding carboxylic acids is 2. The number of nitrogens with one attached hydrogen (secondary N) is 1. The summed E-state index contributed by atoms with van der Waals surface area (Å²) in [5.41, 5.74) is 0.0928. The molecule has 2 aromatic rings. The monoisotopic (exact) mass is 597 g/mol. The van der Waals surface area contributed by atoms with E-state index in [1.54, 1.807) is 4.90 Å². The van der Waals surface area contributed by atoms with E-state index in [4.69, 9.17) is 9.90 Å². The predicted molar refractivity (Wildman–Crippen MR) is 123 cm³/mol. The summed E-state index contributed by atoms with van der Waals surface area (Å²) >= 11 is 3.35. The first-order valence-electron chi connectivity index (χ1n) is 10.7. The third kappa shape index (κ3) is 9.69. The van der Waals surface area contributed by atoms with Gasteiger partial charge in [-0.15, -0.1) is 0 Å². The van der Waals surface area contributed by atoms with Gasteiger partial charge in [0.2, 0.25) is 5.91 Å². The topological polar surface area (TPSA) is 90.0 Å². The van der Waals surface area contributed by atoms with E-state index in [9.17, 15) is 35.9 Å². The Morgan fingerprint density at radius 3 is 1.89 bits per heavy atom. The van der Waals surface area contributed by atoms with Crippen LogP contribution < -0.4 is 5.32 Å². The van der Waals surface area contributed by atoms with Crippen molar-refractivity contribution in [2.24, 2.45) is 0 Å². The van der Waals surface area contributed by atoms with E-state index >= 15 is 0 Å². The molecule has 0 spiro atoms. The van der Waals surface area contributed by atoms with Crippen LogP contribution in [0.2, 0.25) is 0 Å². The predicted octanol–water partition coefficient (Wildman–Crippen LogP) is 4.18. The molecule has 0 atom stereocenters. The summed E-state index contributed by atoms with van der Waals surface area (Å²) in [6, 6.07) is 11.4. The van der Waals surface area contributed by atoms with Gasteiger partial charge in [0.25, 0.3) is 5.91 Å². The van der Waals surface area contributed by atoms with Crippen molar-refractivity contribution in [1.82, 2.24) is 15.1 Å². The third-order valence-corrected chi connectivity index (χ3v) is 5.60. The second-order valence-electron chi connectivity index (χ2n) is 7.80. The van der Waals surface area contributed by atoms with Crippen molar-refractivity contribution in [2.75, 3.05) is 32.7 Å². The number of aliphatic carboxylic acids is 1. The van der Waals surface area contributed by atoms with Crippen LogP contribution >= 0.6 is 15.9 Å². The fraction of sp³-hybridized carbons (Fsp3) is 0.348. The van der Waals surface area contributed by atoms with Gasteiger partial charge < -0.3 is 20.2 Å². The Morgan fingerprint density at radius 2 is 1.43 bits per heavy atom. The molecule has 14 heteroatoms. The molecular formula is C23H22BrF6N3O4. The van der Waals surface area contributed by atoms with Crippen molar-refractivity contribution >= 4 is 33.7 Å². The van der Waals surface area contributed by atoms with Gasteiger partial charge in [0.05, 0.1) is 5.56 Å². The van der Waals surface area contributed by atoms with Crippen LogP contribution in [-0.4, -0.2) is 71.6 Å². The summed E-state index contributed by atoms with van der Waals surface area (Å²) in [7, 11) is 0. The van der Waals surface area contributed by atoms with Gasteiger partial charge in [0, 0.05) is 42.8 Å². The summed E-state index contributed by atoms with van der Waals surface area (Å²) in [6.07, 6.45) is -9.56. The molecule has 2 N–H and O–H groups in total. The number of hydrogen-bond donors (Lipinski definition) is 2. The fourth-order valence-corrected chi connectivity index (χ4v) is 3.44. The summed E-state index contributed by atoms with van der Waals surface area (Å²) in [6.45, 7) is 2.51. The normalized spacial score (nSPS) is 13.9. The second kappa shape index (κ2) is 12.9. The molecule has 3 rings (SSSR count). The number of benzene rings is 2. The Labute approximate surface area is 216 Å². The number of nitrogens with zero attached hydrogens (tertiary/aromatic N) is 2. The number of carboxylic acids is 1. The van der Waals surface area contributed by atoms with Crippen LogP contribution in [-0.2, 0) is 22.3 Å². The molecule has 0 radical (unpaired) electrons. The van der Waals surface area contributed by atoms with E-state index in [0.29, 0.717) is 26.2 Å². The maximum Gasteiger partial charge on any atom is 0.490 e. The van der Waals surface area contributed by atoms with Crippen molar-refractivity contribution in [3.63, 3.8) is 0 Å². The molecule has 7 nitrogen and oxygen atoms in total. The highest BCUT2D eigenvalue weighted by atomic mass is 79.9. The van der Waals surface area contributed by atoms with E-state index in [2.05, 4.69) is 21.2 Å². The number of hydrogen-bond acceptors (Lipinski definition) is 4. The fourth-order valence-electron chi connectivity index (χ4n) is 3.17. The lowest BCUT2D eigenvalue weighted by Gasteiger charge is -2.30. The third-order valence-electron chi connectivity index (χ3n) is 5.07. The number of amides is 2. The first kappa shape index (κ1) is 30.1. The standard InChI is InChI=1S/C21H21BrF3N3O2.C2HF3O2/c22-18-7-1-15(2-8-18)13-28(14-19(29)27-11-9-26-10-12-27)20(30)16-3-5-17(6-4-16)21(23,24)25;3-2(4,5)1(6)7/h1-8,26H,9-14H2;(H,6,7). The molecular weight excluding hydrogens is 576 g/mol. The SMILES string of the molecule is O=C(CN(Cc1ccc(Br)cc1)C(=O)c1ccc(C(F)(F)F)cc1)N1CCNCC1.O=C(O)C(F)(F)F. The maximum atomic E-state index is 13.0. The van der Waals surface area contributed by atoms with Crippen molar-refractivity contribution < 1.29 is 45.8 Å². The Hall–Kier alpha value is -3.13. The number of rotatable bonds is 5. The Kier molecular flexibility index (Phi) is 10.5. The molecule has 1 heterocycles. The Balaban J connectivity index is 0.000000604. The molecule has 202 valence electrons. The molecule has 0 unspecified atom stereocenters. The molecule has 37 heavy (non-hydrogen) atoms. The first-order valence-corrected chi connectivity index (χ1v) is 11.5. The lowest BCUT2D eigenvalue weighted by atomic mass is 10.1. The molecule has 1 fully saturated rings. The minimum atomic E-state index is -5.08. The van der Waals surface area contributed by atoms with Crippen molar-refractivity contribution in [3.8, 4) is 0 Å². The molecule has 1 aliphatic heterocycles. The van der Waals surface area contributed by atoms with Crippen LogP contribution in [0.25, 0.3) is 0 Å². The zero-order valence-electron chi connectivity index (χ0n) is 19.1. The second-order valence-corrected chi connectivity index (χ2v) is 8.71. The van der Waals surface area contributed by atoms with E-state index in [-0.39, 0.29) is 24.6 Å². The van der Waals surface area contributed by atoms with Gasteiger partial charge in [0.15, 0.2) is 0 Å². The molecule has 2 aromatic carbocycles. The van der Waals surface area contributed by atoms with Crippen molar-refractivity contribution in [1.29, 1.82) is 0 Å². The van der Waals surface area contributed by atoms with Gasteiger partial charge in [-0.3, -0.25) is 9.59 Å². The van der Waals surface area contributed by atoms with Crippen LogP contribution in [0.4, 0.5) is 26.3 Å². The summed E-state index contributed by atoms with van der Waals surface area (Å²) in [5.74, 6) is -3.43. The number of alkyl halides is 6.